The molecule has 2 aromatic rings. The maximum absolute atomic E-state index is 14.5. The molecule has 2 heterocycles. The fourth-order valence-corrected chi connectivity index (χ4v) is 3.59. The maximum Gasteiger partial charge on any atom is 0.271 e. The second kappa shape index (κ2) is 9.88. The average molecular weight is 514 g/mol. The van der Waals surface area contributed by atoms with Crippen molar-refractivity contribution in [1.82, 2.24) is 9.97 Å². The second-order valence-electron chi connectivity index (χ2n) is 8.46. The first-order valence-electron chi connectivity index (χ1n) is 10.8. The summed E-state index contributed by atoms with van der Waals surface area (Å²) in [5.41, 5.74) is -0.761. The summed E-state index contributed by atoms with van der Waals surface area (Å²) in [7, 11) is 0. The molecule has 1 aromatic heterocycles. The number of ether oxygens (including phenoxy) is 2. The SMILES string of the molecule is N=C(C=CC(=O)Nc1c(-c2cc(F)ccc2F)ncnc1C1CCC(F)(F)CO1)OCC1CC1(F)F. The highest BCUT2D eigenvalue weighted by molar-refractivity contribution is 6.05. The lowest BCUT2D eigenvalue weighted by Crippen LogP contribution is -2.31. The number of aromatic nitrogens is 2. The topological polar surface area (TPSA) is 97.2 Å². The van der Waals surface area contributed by atoms with Gasteiger partial charge in [0, 0.05) is 30.6 Å². The van der Waals surface area contributed by atoms with Crippen LogP contribution in [0, 0.1) is 23.0 Å². The van der Waals surface area contributed by atoms with Crippen molar-refractivity contribution in [2.45, 2.75) is 37.2 Å². The number of benzene rings is 1. The Labute approximate surface area is 201 Å². The van der Waals surface area contributed by atoms with Crippen molar-refractivity contribution in [2.75, 3.05) is 18.5 Å². The van der Waals surface area contributed by atoms with Gasteiger partial charge in [-0.3, -0.25) is 10.2 Å². The zero-order chi connectivity index (χ0) is 26.1. The first kappa shape index (κ1) is 25.6. The minimum Gasteiger partial charge on any atom is -0.478 e. The van der Waals surface area contributed by atoms with Crippen molar-refractivity contribution >= 4 is 17.5 Å². The van der Waals surface area contributed by atoms with Crippen molar-refractivity contribution in [3.8, 4) is 11.3 Å². The fraction of sp³-hybridized carbons (Fsp3) is 0.391. The summed E-state index contributed by atoms with van der Waals surface area (Å²) in [6.07, 6.45) is 0.754. The Morgan fingerprint density at radius 3 is 2.64 bits per heavy atom. The highest BCUT2D eigenvalue weighted by Crippen LogP contribution is 2.48. The molecule has 36 heavy (non-hydrogen) atoms. The quantitative estimate of drug-likeness (QED) is 0.233. The van der Waals surface area contributed by atoms with E-state index >= 15 is 0 Å². The zero-order valence-corrected chi connectivity index (χ0v) is 18.5. The van der Waals surface area contributed by atoms with Crippen molar-refractivity contribution in [3.05, 3.63) is 54.0 Å². The monoisotopic (exact) mass is 514 g/mol. The number of hydrogen-bond donors (Lipinski definition) is 2. The fourth-order valence-electron chi connectivity index (χ4n) is 3.59. The molecule has 4 rings (SSSR count). The van der Waals surface area contributed by atoms with Gasteiger partial charge >= 0.3 is 0 Å². The Kier molecular flexibility index (Phi) is 7.03. The smallest absolute Gasteiger partial charge is 0.271 e. The molecule has 192 valence electrons. The zero-order valence-electron chi connectivity index (χ0n) is 18.5. The molecular formula is C23H20F6N4O3. The Hall–Kier alpha value is -3.48. The number of rotatable bonds is 7. The van der Waals surface area contributed by atoms with Crippen LogP contribution in [0.5, 0.6) is 0 Å². The van der Waals surface area contributed by atoms with Crippen LogP contribution >= 0.6 is 0 Å². The third-order valence-corrected chi connectivity index (χ3v) is 5.66. The van der Waals surface area contributed by atoms with Gasteiger partial charge in [0.05, 0.1) is 23.9 Å². The Bertz CT molecular complexity index is 1200. The molecule has 1 aromatic carbocycles. The van der Waals surface area contributed by atoms with Gasteiger partial charge in [-0.1, -0.05) is 0 Å². The van der Waals surface area contributed by atoms with Gasteiger partial charge in [-0.15, -0.1) is 0 Å². The summed E-state index contributed by atoms with van der Waals surface area (Å²) in [5, 5.41) is 10.0. The predicted molar refractivity (Wildman–Crippen MR) is 115 cm³/mol. The standard InChI is InChI=1S/C23H20F6N4O3/c24-13-1-2-15(25)14(7-13)19-21(20(32-11-31-19)16-5-6-22(26,27)10-36-16)33-18(34)4-3-17(30)35-9-12-8-23(12,28)29/h1-4,7,11-12,16,30H,5-6,8-10H2,(H,33,34). The number of anilines is 1. The summed E-state index contributed by atoms with van der Waals surface area (Å²) >= 11 is 0. The maximum atomic E-state index is 14.5. The van der Waals surface area contributed by atoms with Crippen LogP contribution in [-0.4, -0.2) is 46.8 Å². The normalized spacial score (nSPS) is 22.3. The number of carbonyl (C=O) groups excluding carboxylic acids is 1. The molecule has 0 radical (unpaired) electrons. The predicted octanol–water partition coefficient (Wildman–Crippen LogP) is 5.05. The molecule has 0 spiro atoms. The van der Waals surface area contributed by atoms with Crippen LogP contribution in [0.3, 0.4) is 0 Å². The van der Waals surface area contributed by atoms with Gasteiger partial charge < -0.3 is 14.8 Å². The summed E-state index contributed by atoms with van der Waals surface area (Å²) in [5.74, 6) is -9.94. The second-order valence-corrected chi connectivity index (χ2v) is 8.46. The van der Waals surface area contributed by atoms with Crippen LogP contribution in [0.1, 0.15) is 31.1 Å². The van der Waals surface area contributed by atoms with E-state index in [1.54, 1.807) is 0 Å². The minimum absolute atomic E-state index is 0.0248. The van der Waals surface area contributed by atoms with Crippen LogP contribution in [0.15, 0.2) is 36.7 Å². The van der Waals surface area contributed by atoms with Crippen LogP contribution < -0.4 is 5.32 Å². The summed E-state index contributed by atoms with van der Waals surface area (Å²) in [4.78, 5) is 20.6. The number of hydrogen-bond acceptors (Lipinski definition) is 6. The molecule has 1 aliphatic heterocycles. The summed E-state index contributed by atoms with van der Waals surface area (Å²) < 4.78 is 91.5. The number of nitrogens with one attached hydrogen (secondary N) is 2. The Balaban J connectivity index is 1.57. The first-order valence-corrected chi connectivity index (χ1v) is 10.8. The lowest BCUT2D eigenvalue weighted by molar-refractivity contribution is -0.146. The molecule has 7 nitrogen and oxygen atoms in total. The summed E-state index contributed by atoms with van der Waals surface area (Å²) in [6, 6.07) is 2.59. The van der Waals surface area contributed by atoms with E-state index < -0.39 is 60.3 Å². The van der Waals surface area contributed by atoms with E-state index in [0.29, 0.717) is 0 Å². The van der Waals surface area contributed by atoms with Crippen molar-refractivity contribution in [1.29, 1.82) is 5.41 Å². The Morgan fingerprint density at radius 2 is 1.97 bits per heavy atom. The lowest BCUT2D eigenvalue weighted by atomic mass is 10.00. The van der Waals surface area contributed by atoms with Crippen LogP contribution in [-0.2, 0) is 14.3 Å². The highest BCUT2D eigenvalue weighted by atomic mass is 19.3. The van der Waals surface area contributed by atoms with Gasteiger partial charge in [0.15, 0.2) is 0 Å². The number of halogens is 6. The Morgan fingerprint density at radius 1 is 1.22 bits per heavy atom. The molecule has 2 fully saturated rings. The van der Waals surface area contributed by atoms with E-state index in [2.05, 4.69) is 15.3 Å². The summed E-state index contributed by atoms with van der Waals surface area (Å²) in [6.45, 7) is -1.28. The number of alkyl halides is 4. The highest BCUT2D eigenvalue weighted by Gasteiger charge is 2.57. The van der Waals surface area contributed by atoms with Crippen molar-refractivity contribution < 1.29 is 40.6 Å². The van der Waals surface area contributed by atoms with Gasteiger partial charge in [0.2, 0.25) is 11.8 Å². The first-order chi connectivity index (χ1) is 16.9. The van der Waals surface area contributed by atoms with E-state index in [1.165, 1.54) is 0 Å². The molecule has 0 bridgehead atoms. The van der Waals surface area contributed by atoms with Gasteiger partial charge in [-0.2, -0.15) is 0 Å². The van der Waals surface area contributed by atoms with Gasteiger partial charge in [-0.05, 0) is 24.6 Å². The average Bonchev–Trinajstić information content (AvgIpc) is 3.44. The van der Waals surface area contributed by atoms with E-state index in [0.717, 1.165) is 36.7 Å². The molecule has 2 N–H and O–H groups in total. The van der Waals surface area contributed by atoms with Gasteiger partial charge in [0.1, 0.15) is 36.4 Å². The van der Waals surface area contributed by atoms with Crippen LogP contribution in [0.4, 0.5) is 32.0 Å². The van der Waals surface area contributed by atoms with Crippen molar-refractivity contribution in [2.24, 2.45) is 5.92 Å². The molecule has 2 atom stereocenters. The van der Waals surface area contributed by atoms with Crippen LogP contribution in [0.2, 0.25) is 0 Å². The van der Waals surface area contributed by atoms with E-state index in [-0.39, 0.29) is 42.1 Å². The number of nitrogens with zero attached hydrogens (tertiary/aromatic N) is 2. The third kappa shape index (κ3) is 6.01. The van der Waals surface area contributed by atoms with E-state index in [1.807, 2.05) is 0 Å². The molecule has 1 aliphatic carbocycles. The molecule has 2 aliphatic rings. The molecular weight excluding hydrogens is 494 g/mol. The third-order valence-electron chi connectivity index (χ3n) is 5.66. The largest absolute Gasteiger partial charge is 0.478 e. The van der Waals surface area contributed by atoms with E-state index in [9.17, 15) is 31.1 Å². The molecule has 1 saturated heterocycles. The molecule has 13 heteroatoms. The van der Waals surface area contributed by atoms with Gasteiger partial charge in [-0.25, -0.2) is 36.3 Å². The van der Waals surface area contributed by atoms with E-state index in [4.69, 9.17) is 14.9 Å². The minimum atomic E-state index is -3.04. The van der Waals surface area contributed by atoms with Crippen LogP contribution in [0.25, 0.3) is 11.3 Å². The van der Waals surface area contributed by atoms with Crippen molar-refractivity contribution in [3.63, 3.8) is 0 Å². The molecule has 1 amide bonds. The number of carbonyl (C=O) groups is 1. The lowest BCUT2D eigenvalue weighted by Gasteiger charge is -2.29. The molecule has 1 saturated carbocycles. The van der Waals surface area contributed by atoms with Gasteiger partial charge in [0.25, 0.3) is 11.8 Å². The molecule has 2 unspecified atom stereocenters. The number of amides is 1.